The van der Waals surface area contributed by atoms with Crippen molar-refractivity contribution in [2.75, 3.05) is 6.54 Å². The lowest BCUT2D eigenvalue weighted by molar-refractivity contribution is 0.437. The Bertz CT molecular complexity index is 278. The zero-order chi connectivity index (χ0) is 9.64. The van der Waals surface area contributed by atoms with Crippen molar-refractivity contribution in [2.24, 2.45) is 5.92 Å². The van der Waals surface area contributed by atoms with Gasteiger partial charge in [0.05, 0.1) is 6.54 Å². The first-order chi connectivity index (χ1) is 6.95. The van der Waals surface area contributed by atoms with Gasteiger partial charge >= 0.3 is 0 Å². The topological polar surface area (TPSA) is 53.6 Å². The Hall–Kier alpha value is -1.16. The van der Waals surface area contributed by atoms with Gasteiger partial charge in [0.2, 0.25) is 0 Å². The van der Waals surface area contributed by atoms with Gasteiger partial charge in [0, 0.05) is 0 Å². The van der Waals surface area contributed by atoms with Crippen molar-refractivity contribution in [2.45, 2.75) is 25.8 Å². The molecule has 0 saturated carbocycles. The van der Waals surface area contributed by atoms with Crippen molar-refractivity contribution in [1.82, 2.24) is 20.5 Å². The van der Waals surface area contributed by atoms with E-state index in [9.17, 15) is 0 Å². The predicted molar refractivity (Wildman–Crippen MR) is 54.6 cm³/mol. The summed E-state index contributed by atoms with van der Waals surface area (Å²) in [6.07, 6.45) is 9.84. The highest BCUT2D eigenvalue weighted by molar-refractivity contribution is 4.90. The Morgan fingerprint density at radius 3 is 3.21 bits per heavy atom. The molecule has 1 heterocycles. The van der Waals surface area contributed by atoms with Crippen LogP contribution in [0.2, 0.25) is 0 Å². The molecule has 0 fully saturated rings. The smallest absolute Gasteiger partial charge is 0.138 e. The Morgan fingerprint density at radius 1 is 1.50 bits per heavy atom. The molecule has 2 N–H and O–H groups in total. The molecule has 0 bridgehead atoms. The Balaban J connectivity index is 1.65. The van der Waals surface area contributed by atoms with E-state index < -0.39 is 0 Å². The molecule has 1 unspecified atom stereocenters. The molecule has 1 atom stereocenters. The molecule has 1 aliphatic rings. The summed E-state index contributed by atoms with van der Waals surface area (Å²) in [7, 11) is 0. The molecule has 2 rings (SSSR count). The lowest BCUT2D eigenvalue weighted by Crippen LogP contribution is -2.23. The quantitative estimate of drug-likeness (QED) is 0.706. The van der Waals surface area contributed by atoms with Gasteiger partial charge in [0.1, 0.15) is 12.2 Å². The average molecular weight is 192 g/mol. The Labute approximate surface area is 83.8 Å². The predicted octanol–water partition coefficient (Wildman–Crippen LogP) is 1.25. The summed E-state index contributed by atoms with van der Waals surface area (Å²) < 4.78 is 0. The average Bonchev–Trinajstić information content (AvgIpc) is 2.72. The fraction of sp³-hybridized carbons (Fsp3) is 0.600. The van der Waals surface area contributed by atoms with Gasteiger partial charge < -0.3 is 5.32 Å². The van der Waals surface area contributed by atoms with Gasteiger partial charge in [-0.15, -0.1) is 0 Å². The van der Waals surface area contributed by atoms with E-state index in [2.05, 4.69) is 32.7 Å². The van der Waals surface area contributed by atoms with E-state index in [1.807, 2.05) is 0 Å². The summed E-state index contributed by atoms with van der Waals surface area (Å²) in [5.41, 5.74) is 0. The molecular weight excluding hydrogens is 176 g/mol. The van der Waals surface area contributed by atoms with E-state index in [-0.39, 0.29) is 0 Å². The molecule has 0 spiro atoms. The zero-order valence-electron chi connectivity index (χ0n) is 8.24. The Morgan fingerprint density at radius 2 is 2.50 bits per heavy atom. The van der Waals surface area contributed by atoms with Crippen LogP contribution >= 0.6 is 0 Å². The minimum atomic E-state index is 0.792. The maximum Gasteiger partial charge on any atom is 0.138 e. The zero-order valence-corrected chi connectivity index (χ0v) is 8.24. The standard InChI is InChI=1S/C10H16N4/c1-2-4-9(5-3-1)6-11-7-10-12-8-13-14-10/h1-2,8-9,11H,3-7H2,(H,12,13,14). The number of aromatic nitrogens is 3. The molecule has 0 aromatic carbocycles. The van der Waals surface area contributed by atoms with E-state index in [1.165, 1.54) is 19.3 Å². The van der Waals surface area contributed by atoms with Crippen molar-refractivity contribution in [1.29, 1.82) is 0 Å². The minimum absolute atomic E-state index is 0.792. The number of allylic oxidation sites excluding steroid dienone is 2. The van der Waals surface area contributed by atoms with E-state index >= 15 is 0 Å². The number of aromatic amines is 1. The van der Waals surface area contributed by atoms with Crippen molar-refractivity contribution in [3.05, 3.63) is 24.3 Å². The van der Waals surface area contributed by atoms with Crippen LogP contribution in [0.4, 0.5) is 0 Å². The van der Waals surface area contributed by atoms with Crippen LogP contribution in [-0.4, -0.2) is 21.7 Å². The third-order valence-electron chi connectivity index (χ3n) is 2.57. The highest BCUT2D eigenvalue weighted by atomic mass is 15.2. The van der Waals surface area contributed by atoms with Crippen molar-refractivity contribution < 1.29 is 0 Å². The maximum atomic E-state index is 4.06. The van der Waals surface area contributed by atoms with Crippen LogP contribution in [0.15, 0.2) is 18.5 Å². The van der Waals surface area contributed by atoms with Crippen LogP contribution in [0.25, 0.3) is 0 Å². The lowest BCUT2D eigenvalue weighted by atomic mass is 9.94. The van der Waals surface area contributed by atoms with E-state index in [0.717, 1.165) is 24.8 Å². The number of hydrogen-bond donors (Lipinski definition) is 2. The summed E-state index contributed by atoms with van der Waals surface area (Å²) in [5.74, 6) is 1.71. The summed E-state index contributed by atoms with van der Waals surface area (Å²) in [5, 5.41) is 10.0. The van der Waals surface area contributed by atoms with Crippen LogP contribution in [0.3, 0.4) is 0 Å². The fourth-order valence-electron chi connectivity index (χ4n) is 1.75. The second-order valence-electron chi connectivity index (χ2n) is 3.71. The summed E-state index contributed by atoms with van der Waals surface area (Å²) in [6, 6.07) is 0. The molecule has 0 amide bonds. The third-order valence-corrected chi connectivity index (χ3v) is 2.57. The highest BCUT2D eigenvalue weighted by Gasteiger charge is 2.08. The first-order valence-corrected chi connectivity index (χ1v) is 5.15. The monoisotopic (exact) mass is 192 g/mol. The summed E-state index contributed by atoms with van der Waals surface area (Å²) in [6.45, 7) is 1.87. The van der Waals surface area contributed by atoms with Gasteiger partial charge in [-0.2, -0.15) is 5.10 Å². The molecule has 14 heavy (non-hydrogen) atoms. The van der Waals surface area contributed by atoms with Crippen LogP contribution in [0.1, 0.15) is 25.1 Å². The van der Waals surface area contributed by atoms with Crippen molar-refractivity contribution in [3.8, 4) is 0 Å². The number of rotatable bonds is 4. The lowest BCUT2D eigenvalue weighted by Gasteiger charge is -2.17. The fourth-order valence-corrected chi connectivity index (χ4v) is 1.75. The molecule has 1 aliphatic carbocycles. The largest absolute Gasteiger partial charge is 0.310 e. The number of H-pyrrole nitrogens is 1. The number of hydrogen-bond acceptors (Lipinski definition) is 3. The third kappa shape index (κ3) is 2.67. The SMILES string of the molecule is C1=CCC(CNCc2ncn[nH]2)CC1. The van der Waals surface area contributed by atoms with Gasteiger partial charge in [-0.1, -0.05) is 12.2 Å². The van der Waals surface area contributed by atoms with Gasteiger partial charge in [0.15, 0.2) is 0 Å². The molecule has 0 radical (unpaired) electrons. The number of nitrogens with one attached hydrogen (secondary N) is 2. The van der Waals surface area contributed by atoms with Crippen LogP contribution in [-0.2, 0) is 6.54 Å². The van der Waals surface area contributed by atoms with Gasteiger partial charge in [-0.25, -0.2) is 4.98 Å². The van der Waals surface area contributed by atoms with Gasteiger partial charge in [0.25, 0.3) is 0 Å². The Kier molecular flexibility index (Phi) is 3.29. The first-order valence-electron chi connectivity index (χ1n) is 5.15. The van der Waals surface area contributed by atoms with Crippen LogP contribution < -0.4 is 5.32 Å². The molecular formula is C10H16N4. The maximum absolute atomic E-state index is 4.06. The molecule has 0 aliphatic heterocycles. The van der Waals surface area contributed by atoms with E-state index in [1.54, 1.807) is 6.33 Å². The molecule has 4 nitrogen and oxygen atoms in total. The second kappa shape index (κ2) is 4.91. The molecule has 0 saturated heterocycles. The van der Waals surface area contributed by atoms with Crippen LogP contribution in [0.5, 0.6) is 0 Å². The van der Waals surface area contributed by atoms with Gasteiger partial charge in [-0.05, 0) is 31.7 Å². The van der Waals surface area contributed by atoms with Crippen molar-refractivity contribution >= 4 is 0 Å². The number of nitrogens with zero attached hydrogens (tertiary/aromatic N) is 2. The summed E-state index contributed by atoms with van der Waals surface area (Å²) >= 11 is 0. The van der Waals surface area contributed by atoms with Crippen LogP contribution in [0, 0.1) is 5.92 Å². The summed E-state index contributed by atoms with van der Waals surface area (Å²) in [4.78, 5) is 4.06. The highest BCUT2D eigenvalue weighted by Crippen LogP contribution is 2.16. The normalized spacial score (nSPS) is 21.3. The van der Waals surface area contributed by atoms with Crippen molar-refractivity contribution in [3.63, 3.8) is 0 Å². The molecule has 1 aromatic heterocycles. The first kappa shape index (κ1) is 9.40. The minimum Gasteiger partial charge on any atom is -0.310 e. The van der Waals surface area contributed by atoms with E-state index in [4.69, 9.17) is 0 Å². The molecule has 76 valence electrons. The van der Waals surface area contributed by atoms with E-state index in [0.29, 0.717) is 0 Å². The molecule has 4 heteroatoms. The van der Waals surface area contributed by atoms with Gasteiger partial charge in [-0.3, -0.25) is 5.10 Å². The second-order valence-corrected chi connectivity index (χ2v) is 3.71. The molecule has 1 aromatic rings.